The smallest absolute Gasteiger partial charge is 0.338 e. The molecule has 0 fully saturated rings. The maximum Gasteiger partial charge on any atom is 0.338 e. The van der Waals surface area contributed by atoms with Crippen LogP contribution in [0.25, 0.3) is 10.9 Å². The summed E-state index contributed by atoms with van der Waals surface area (Å²) in [4.78, 5) is 13.8. The first kappa shape index (κ1) is 9.71. The topological polar surface area (TPSA) is 53.1 Å². The molecule has 1 heterocycles. The lowest BCUT2D eigenvalue weighted by atomic mass is 10.1. The van der Waals surface area contributed by atoms with Gasteiger partial charge in [0.05, 0.1) is 11.1 Å². The van der Waals surface area contributed by atoms with Gasteiger partial charge in [0.2, 0.25) is 0 Å². The Balaban J connectivity index is 2.86. The molecule has 2 rings (SSSR count). The zero-order valence-corrected chi connectivity index (χ0v) is 8.17. The molecule has 0 aliphatic carbocycles. The summed E-state index contributed by atoms with van der Waals surface area (Å²) in [7, 11) is 0. The van der Waals surface area contributed by atoms with Gasteiger partial charge in [0.1, 0.15) is 5.82 Å². The minimum Gasteiger partial charge on any atom is -0.478 e. The Morgan fingerprint density at radius 3 is 2.87 bits per heavy atom. The number of carboxylic acid groups (broad SMARTS) is 1. The first-order valence-corrected chi connectivity index (χ1v) is 4.67. The molecular weight excluding hydrogens is 197 g/mol. The van der Waals surface area contributed by atoms with E-state index in [1.165, 1.54) is 12.1 Å². The lowest BCUT2D eigenvalue weighted by molar-refractivity contribution is 0.0698. The minimum absolute atomic E-state index is 0.173. The predicted octanol–water partition coefficient (Wildman–Crippen LogP) is 2.57. The summed E-state index contributed by atoms with van der Waals surface area (Å²) in [6.45, 7) is 1.83. The second-order valence-electron chi connectivity index (χ2n) is 3.30. The third-order valence-corrected chi connectivity index (χ3v) is 2.43. The third kappa shape index (κ3) is 1.38. The summed E-state index contributed by atoms with van der Waals surface area (Å²) >= 11 is 0. The first-order chi connectivity index (χ1) is 7.15. The number of H-pyrrole nitrogens is 1. The highest BCUT2D eigenvalue weighted by Crippen LogP contribution is 2.24. The molecule has 0 radical (unpaired) electrons. The van der Waals surface area contributed by atoms with E-state index in [2.05, 4.69) is 4.98 Å². The third-order valence-electron chi connectivity index (χ3n) is 2.43. The van der Waals surface area contributed by atoms with Crippen molar-refractivity contribution in [1.82, 2.24) is 4.98 Å². The number of benzene rings is 1. The summed E-state index contributed by atoms with van der Waals surface area (Å²) in [6.07, 6.45) is 0.537. The number of fused-ring (bicyclic) bond motifs is 1. The number of carbonyl (C=O) groups is 1. The Kier molecular flexibility index (Phi) is 2.19. The molecule has 0 spiro atoms. The number of rotatable bonds is 2. The van der Waals surface area contributed by atoms with Crippen LogP contribution in [-0.4, -0.2) is 16.1 Å². The van der Waals surface area contributed by atoms with Gasteiger partial charge in [-0.05, 0) is 12.5 Å². The molecule has 15 heavy (non-hydrogen) atoms. The summed E-state index contributed by atoms with van der Waals surface area (Å²) in [6, 6.07) is 4.43. The summed E-state index contributed by atoms with van der Waals surface area (Å²) < 4.78 is 13.4. The second-order valence-corrected chi connectivity index (χ2v) is 3.30. The number of aryl methyl sites for hydroxylation is 1. The molecule has 0 atom stereocenters. The summed E-state index contributed by atoms with van der Waals surface area (Å²) in [5, 5.41) is 9.46. The van der Waals surface area contributed by atoms with Crippen LogP contribution in [-0.2, 0) is 6.42 Å². The largest absolute Gasteiger partial charge is 0.478 e. The highest BCUT2D eigenvalue weighted by Gasteiger charge is 2.17. The van der Waals surface area contributed by atoms with Gasteiger partial charge in [0.25, 0.3) is 0 Å². The lowest BCUT2D eigenvalue weighted by Crippen LogP contribution is -1.99. The van der Waals surface area contributed by atoms with Gasteiger partial charge in [0.15, 0.2) is 0 Å². The van der Waals surface area contributed by atoms with Gasteiger partial charge < -0.3 is 10.1 Å². The van der Waals surface area contributed by atoms with Crippen LogP contribution in [0.3, 0.4) is 0 Å². The van der Waals surface area contributed by atoms with E-state index in [0.29, 0.717) is 17.5 Å². The van der Waals surface area contributed by atoms with Crippen LogP contribution in [0.1, 0.15) is 23.0 Å². The number of hydrogen-bond donors (Lipinski definition) is 2. The number of aromatic nitrogens is 1. The van der Waals surface area contributed by atoms with Crippen LogP contribution in [0.5, 0.6) is 0 Å². The van der Waals surface area contributed by atoms with Crippen LogP contribution < -0.4 is 0 Å². The molecular formula is C11H10FNO2. The van der Waals surface area contributed by atoms with E-state index in [9.17, 15) is 9.18 Å². The molecule has 0 saturated heterocycles. The number of carboxylic acids is 1. The van der Waals surface area contributed by atoms with Gasteiger partial charge in [0, 0.05) is 11.1 Å². The Labute approximate surface area is 85.5 Å². The minimum atomic E-state index is -1.02. The van der Waals surface area contributed by atoms with Crippen molar-refractivity contribution in [2.45, 2.75) is 13.3 Å². The lowest BCUT2D eigenvalue weighted by Gasteiger charge is -1.94. The van der Waals surface area contributed by atoms with Crippen LogP contribution >= 0.6 is 0 Å². The molecule has 1 aromatic heterocycles. The van der Waals surface area contributed by atoms with Gasteiger partial charge in [-0.1, -0.05) is 19.1 Å². The maximum absolute atomic E-state index is 13.4. The van der Waals surface area contributed by atoms with Crippen LogP contribution in [0.2, 0.25) is 0 Å². The fourth-order valence-electron chi connectivity index (χ4n) is 1.74. The number of hydrogen-bond acceptors (Lipinski definition) is 1. The molecule has 1 aromatic carbocycles. The number of aromatic carboxylic acids is 1. The van der Waals surface area contributed by atoms with Gasteiger partial charge >= 0.3 is 5.97 Å². The molecule has 3 nitrogen and oxygen atoms in total. The van der Waals surface area contributed by atoms with Crippen molar-refractivity contribution in [3.8, 4) is 0 Å². The molecule has 78 valence electrons. The van der Waals surface area contributed by atoms with Gasteiger partial charge in [-0.3, -0.25) is 0 Å². The number of aromatic amines is 1. The van der Waals surface area contributed by atoms with Crippen molar-refractivity contribution in [3.63, 3.8) is 0 Å². The fourth-order valence-corrected chi connectivity index (χ4v) is 1.74. The van der Waals surface area contributed by atoms with E-state index < -0.39 is 11.8 Å². The van der Waals surface area contributed by atoms with E-state index in [1.54, 1.807) is 6.07 Å². The van der Waals surface area contributed by atoms with Crippen molar-refractivity contribution in [3.05, 3.63) is 35.3 Å². The molecule has 0 aliphatic rings. The highest BCUT2D eigenvalue weighted by atomic mass is 19.1. The van der Waals surface area contributed by atoms with Gasteiger partial charge in [-0.2, -0.15) is 0 Å². The first-order valence-electron chi connectivity index (χ1n) is 4.67. The van der Waals surface area contributed by atoms with Gasteiger partial charge in [-0.15, -0.1) is 0 Å². The van der Waals surface area contributed by atoms with Crippen LogP contribution in [0.4, 0.5) is 4.39 Å². The molecule has 0 bridgehead atoms. The van der Waals surface area contributed by atoms with Crippen molar-refractivity contribution >= 4 is 16.9 Å². The number of halogens is 1. The second kappa shape index (κ2) is 3.38. The summed E-state index contributed by atoms with van der Waals surface area (Å²) in [5.74, 6) is -1.45. The predicted molar refractivity (Wildman–Crippen MR) is 54.6 cm³/mol. The maximum atomic E-state index is 13.4. The molecule has 2 N–H and O–H groups in total. The van der Waals surface area contributed by atoms with E-state index in [0.717, 1.165) is 0 Å². The van der Waals surface area contributed by atoms with Crippen LogP contribution in [0, 0.1) is 5.82 Å². The monoisotopic (exact) mass is 207 g/mol. The number of para-hydroxylation sites is 1. The van der Waals surface area contributed by atoms with E-state index in [-0.39, 0.29) is 11.1 Å². The quantitative estimate of drug-likeness (QED) is 0.795. The Morgan fingerprint density at radius 2 is 2.27 bits per heavy atom. The van der Waals surface area contributed by atoms with Crippen LogP contribution in [0.15, 0.2) is 18.2 Å². The SMILES string of the molecule is CCc1[nH]c2c(F)cccc2c1C(=O)O. The molecule has 4 heteroatoms. The normalized spacial score (nSPS) is 10.8. The molecule has 2 aromatic rings. The molecule has 0 unspecified atom stereocenters. The molecule has 0 saturated carbocycles. The standard InChI is InChI=1S/C11H10FNO2/c1-2-8-9(11(14)15)6-4-3-5-7(12)10(6)13-8/h3-5,13H,2H2,1H3,(H,14,15). The van der Waals surface area contributed by atoms with Crippen molar-refractivity contribution in [2.75, 3.05) is 0 Å². The Hall–Kier alpha value is -1.84. The van der Waals surface area contributed by atoms with E-state index in [1.807, 2.05) is 6.92 Å². The Bertz CT molecular complexity index is 531. The Morgan fingerprint density at radius 1 is 1.53 bits per heavy atom. The number of nitrogens with one attached hydrogen (secondary N) is 1. The van der Waals surface area contributed by atoms with Crippen molar-refractivity contribution in [1.29, 1.82) is 0 Å². The zero-order chi connectivity index (χ0) is 11.0. The van der Waals surface area contributed by atoms with E-state index in [4.69, 9.17) is 5.11 Å². The molecule has 0 amide bonds. The van der Waals surface area contributed by atoms with E-state index >= 15 is 0 Å². The zero-order valence-electron chi connectivity index (χ0n) is 8.17. The van der Waals surface area contributed by atoms with Gasteiger partial charge in [-0.25, -0.2) is 9.18 Å². The van der Waals surface area contributed by atoms with Crippen molar-refractivity contribution < 1.29 is 14.3 Å². The average Bonchev–Trinajstić information content (AvgIpc) is 2.57. The summed E-state index contributed by atoms with van der Waals surface area (Å²) in [5.41, 5.74) is 1.00. The highest BCUT2D eigenvalue weighted by molar-refractivity contribution is 6.04. The average molecular weight is 207 g/mol. The van der Waals surface area contributed by atoms with Crippen molar-refractivity contribution in [2.24, 2.45) is 0 Å². The molecule has 0 aliphatic heterocycles. The fraction of sp³-hybridized carbons (Fsp3) is 0.182.